The molecule has 2 aliphatic heterocycles. The van der Waals surface area contributed by atoms with Crippen LogP contribution < -0.4 is 4.90 Å². The van der Waals surface area contributed by atoms with Gasteiger partial charge in [-0.2, -0.15) is 0 Å². The fourth-order valence-corrected chi connectivity index (χ4v) is 3.32. The largest absolute Gasteiger partial charge is 0.379 e. The van der Waals surface area contributed by atoms with Gasteiger partial charge in [-0.3, -0.25) is 19.8 Å². The highest BCUT2D eigenvalue weighted by Gasteiger charge is 2.27. The van der Waals surface area contributed by atoms with Crippen molar-refractivity contribution < 1.29 is 14.5 Å². The van der Waals surface area contributed by atoms with Crippen LogP contribution in [0.2, 0.25) is 5.02 Å². The van der Waals surface area contributed by atoms with Crippen LogP contribution in [0.1, 0.15) is 0 Å². The molecule has 0 radical (unpaired) electrons. The average molecular weight is 369 g/mol. The van der Waals surface area contributed by atoms with Gasteiger partial charge in [-0.15, -0.1) is 0 Å². The van der Waals surface area contributed by atoms with Crippen molar-refractivity contribution in [2.75, 3.05) is 63.9 Å². The van der Waals surface area contributed by atoms with Crippen LogP contribution >= 0.6 is 11.6 Å². The standard InChI is InChI=1S/C16H21ClN4O4/c17-13-1-2-14(15(11-13)21(23)24)19-3-5-20(6-4-19)16(22)12-18-7-9-25-10-8-18/h1-2,11H,3-10,12H2. The SMILES string of the molecule is O=C(CN1CCOCC1)N1CCN(c2ccc(Cl)cc2[N+](=O)[O-])CC1. The Morgan fingerprint density at radius 3 is 2.48 bits per heavy atom. The molecular weight excluding hydrogens is 348 g/mol. The maximum atomic E-state index is 12.4. The van der Waals surface area contributed by atoms with Crippen LogP contribution in [0, 0.1) is 10.1 Å². The summed E-state index contributed by atoms with van der Waals surface area (Å²) in [7, 11) is 0. The van der Waals surface area contributed by atoms with E-state index in [0.29, 0.717) is 56.6 Å². The summed E-state index contributed by atoms with van der Waals surface area (Å²) in [6.07, 6.45) is 0. The van der Waals surface area contributed by atoms with Crippen LogP contribution in [0.25, 0.3) is 0 Å². The van der Waals surface area contributed by atoms with E-state index in [1.54, 1.807) is 12.1 Å². The molecule has 1 aromatic rings. The summed E-state index contributed by atoms with van der Waals surface area (Å²) in [6, 6.07) is 4.69. The number of hydrogen-bond donors (Lipinski definition) is 0. The number of anilines is 1. The molecule has 136 valence electrons. The fourth-order valence-electron chi connectivity index (χ4n) is 3.16. The minimum Gasteiger partial charge on any atom is -0.379 e. The number of nitro benzene ring substituents is 1. The Kier molecular flexibility index (Phi) is 5.72. The number of nitrogens with zero attached hydrogens (tertiary/aromatic N) is 4. The van der Waals surface area contributed by atoms with Gasteiger partial charge in [-0.25, -0.2) is 0 Å². The summed E-state index contributed by atoms with van der Waals surface area (Å²) in [5.74, 6) is 0.104. The molecule has 0 aliphatic carbocycles. The molecule has 0 atom stereocenters. The zero-order valence-electron chi connectivity index (χ0n) is 13.9. The third-order valence-electron chi connectivity index (χ3n) is 4.57. The van der Waals surface area contributed by atoms with Gasteiger partial charge in [0, 0.05) is 50.4 Å². The Balaban J connectivity index is 1.58. The molecule has 8 nitrogen and oxygen atoms in total. The molecule has 25 heavy (non-hydrogen) atoms. The first kappa shape index (κ1) is 17.9. The van der Waals surface area contributed by atoms with Gasteiger partial charge in [0.05, 0.1) is 24.7 Å². The van der Waals surface area contributed by atoms with Gasteiger partial charge in [0.2, 0.25) is 5.91 Å². The van der Waals surface area contributed by atoms with E-state index >= 15 is 0 Å². The highest BCUT2D eigenvalue weighted by Crippen LogP contribution is 2.31. The zero-order valence-corrected chi connectivity index (χ0v) is 14.7. The van der Waals surface area contributed by atoms with E-state index < -0.39 is 4.92 Å². The van der Waals surface area contributed by atoms with Gasteiger partial charge < -0.3 is 14.5 Å². The van der Waals surface area contributed by atoms with E-state index in [1.165, 1.54) is 6.07 Å². The second-order valence-electron chi connectivity index (χ2n) is 6.15. The number of halogens is 1. The second-order valence-corrected chi connectivity index (χ2v) is 6.58. The third kappa shape index (κ3) is 4.39. The number of rotatable bonds is 4. The normalized spacial score (nSPS) is 19.1. The van der Waals surface area contributed by atoms with Crippen molar-refractivity contribution in [2.45, 2.75) is 0 Å². The smallest absolute Gasteiger partial charge is 0.294 e. The Morgan fingerprint density at radius 2 is 1.84 bits per heavy atom. The van der Waals surface area contributed by atoms with Crippen molar-refractivity contribution in [3.05, 3.63) is 33.3 Å². The summed E-state index contributed by atoms with van der Waals surface area (Å²) < 4.78 is 5.29. The highest BCUT2D eigenvalue weighted by molar-refractivity contribution is 6.30. The van der Waals surface area contributed by atoms with E-state index in [9.17, 15) is 14.9 Å². The maximum absolute atomic E-state index is 12.4. The lowest BCUT2D eigenvalue weighted by molar-refractivity contribution is -0.384. The van der Waals surface area contributed by atoms with Crippen LogP contribution in [0.4, 0.5) is 11.4 Å². The first-order valence-corrected chi connectivity index (χ1v) is 8.69. The number of ether oxygens (including phenoxy) is 1. The molecule has 0 spiro atoms. The van der Waals surface area contributed by atoms with Gasteiger partial charge in [0.1, 0.15) is 5.69 Å². The predicted molar refractivity (Wildman–Crippen MR) is 94.2 cm³/mol. The van der Waals surface area contributed by atoms with Gasteiger partial charge in [-0.05, 0) is 12.1 Å². The van der Waals surface area contributed by atoms with Crippen LogP contribution in [0.5, 0.6) is 0 Å². The van der Waals surface area contributed by atoms with Crippen LogP contribution in [0.15, 0.2) is 18.2 Å². The van der Waals surface area contributed by atoms with Gasteiger partial charge in [0.15, 0.2) is 0 Å². The van der Waals surface area contributed by atoms with Crippen molar-refractivity contribution in [1.29, 1.82) is 0 Å². The number of carbonyl (C=O) groups excluding carboxylic acids is 1. The van der Waals surface area contributed by atoms with Crippen LogP contribution in [-0.2, 0) is 9.53 Å². The Hall–Kier alpha value is -1.90. The number of nitro groups is 1. The summed E-state index contributed by atoms with van der Waals surface area (Å²) in [4.78, 5) is 29.1. The van der Waals surface area contributed by atoms with Crippen LogP contribution in [0.3, 0.4) is 0 Å². The number of amides is 1. The third-order valence-corrected chi connectivity index (χ3v) is 4.80. The molecular formula is C16H21ClN4O4. The lowest BCUT2D eigenvalue weighted by Gasteiger charge is -2.37. The molecule has 1 amide bonds. The van der Waals surface area contributed by atoms with Crippen molar-refractivity contribution in [2.24, 2.45) is 0 Å². The summed E-state index contributed by atoms with van der Waals surface area (Å²) in [5, 5.41) is 11.6. The summed E-state index contributed by atoms with van der Waals surface area (Å²) >= 11 is 5.87. The van der Waals surface area contributed by atoms with Crippen molar-refractivity contribution in [1.82, 2.24) is 9.80 Å². The molecule has 3 rings (SSSR count). The topological polar surface area (TPSA) is 79.2 Å². The van der Waals surface area contributed by atoms with E-state index in [-0.39, 0.29) is 11.6 Å². The number of piperazine rings is 1. The Bertz CT molecular complexity index is 643. The fraction of sp³-hybridized carbons (Fsp3) is 0.562. The molecule has 2 aliphatic rings. The quantitative estimate of drug-likeness (QED) is 0.587. The lowest BCUT2D eigenvalue weighted by atomic mass is 10.2. The Morgan fingerprint density at radius 1 is 1.16 bits per heavy atom. The second kappa shape index (κ2) is 7.99. The molecule has 2 fully saturated rings. The van der Waals surface area contributed by atoms with E-state index in [1.807, 2.05) is 9.80 Å². The number of benzene rings is 1. The maximum Gasteiger partial charge on any atom is 0.294 e. The molecule has 0 aromatic heterocycles. The molecule has 2 heterocycles. The Labute approximate surface area is 151 Å². The van der Waals surface area contributed by atoms with E-state index in [4.69, 9.17) is 16.3 Å². The summed E-state index contributed by atoms with van der Waals surface area (Å²) in [6.45, 7) is 5.55. The van der Waals surface area contributed by atoms with Crippen molar-refractivity contribution >= 4 is 28.9 Å². The molecule has 2 saturated heterocycles. The van der Waals surface area contributed by atoms with Gasteiger partial charge in [-0.1, -0.05) is 11.6 Å². The molecule has 0 bridgehead atoms. The zero-order chi connectivity index (χ0) is 17.8. The lowest BCUT2D eigenvalue weighted by Crippen LogP contribution is -2.52. The van der Waals surface area contributed by atoms with Crippen molar-refractivity contribution in [3.63, 3.8) is 0 Å². The molecule has 1 aromatic carbocycles. The van der Waals surface area contributed by atoms with E-state index in [2.05, 4.69) is 4.90 Å². The molecule has 0 N–H and O–H groups in total. The first-order chi connectivity index (χ1) is 12.0. The van der Waals surface area contributed by atoms with Crippen molar-refractivity contribution in [3.8, 4) is 0 Å². The minimum absolute atomic E-state index is 0.000549. The van der Waals surface area contributed by atoms with Gasteiger partial charge >= 0.3 is 0 Å². The molecule has 0 saturated carbocycles. The minimum atomic E-state index is -0.419. The van der Waals surface area contributed by atoms with Gasteiger partial charge in [0.25, 0.3) is 5.69 Å². The number of morpholine rings is 1. The van der Waals surface area contributed by atoms with Crippen LogP contribution in [-0.4, -0.2) is 79.7 Å². The highest BCUT2D eigenvalue weighted by atomic mass is 35.5. The first-order valence-electron chi connectivity index (χ1n) is 8.31. The molecule has 9 heteroatoms. The number of carbonyl (C=O) groups is 1. The average Bonchev–Trinajstić information content (AvgIpc) is 2.62. The monoisotopic (exact) mass is 368 g/mol. The summed E-state index contributed by atoms with van der Waals surface area (Å²) in [5.41, 5.74) is 0.551. The molecule has 0 unspecified atom stereocenters. The number of hydrogen-bond acceptors (Lipinski definition) is 6. The predicted octanol–water partition coefficient (Wildman–Crippen LogP) is 1.23. The van der Waals surface area contributed by atoms with E-state index in [0.717, 1.165) is 13.1 Å².